The first-order chi connectivity index (χ1) is 9.70. The quantitative estimate of drug-likeness (QED) is 0.834. The Kier molecular flexibility index (Phi) is 4.70. The molecular formula is C14H19N5O. The van der Waals surface area contributed by atoms with Gasteiger partial charge in [0.25, 0.3) is 0 Å². The number of carbonyl (C=O) groups is 1. The number of imidazole rings is 1. The Morgan fingerprint density at radius 2 is 2.25 bits per heavy atom. The summed E-state index contributed by atoms with van der Waals surface area (Å²) in [6.45, 7) is 3.34. The fourth-order valence-corrected chi connectivity index (χ4v) is 1.87. The van der Waals surface area contributed by atoms with Crippen molar-refractivity contribution in [1.29, 1.82) is 0 Å². The molecule has 0 saturated heterocycles. The van der Waals surface area contributed by atoms with Gasteiger partial charge in [0.05, 0.1) is 18.2 Å². The van der Waals surface area contributed by atoms with E-state index in [-0.39, 0.29) is 5.91 Å². The highest BCUT2D eigenvalue weighted by Gasteiger charge is 2.07. The summed E-state index contributed by atoms with van der Waals surface area (Å²) < 4.78 is 1.94. The molecular weight excluding hydrogens is 254 g/mol. The zero-order valence-electron chi connectivity index (χ0n) is 11.5. The third-order valence-corrected chi connectivity index (χ3v) is 2.95. The Morgan fingerprint density at radius 3 is 2.95 bits per heavy atom. The molecule has 2 aromatic heterocycles. The maximum atomic E-state index is 11.6. The van der Waals surface area contributed by atoms with E-state index in [2.05, 4.69) is 15.3 Å². The second-order valence-corrected chi connectivity index (χ2v) is 4.54. The van der Waals surface area contributed by atoms with Crippen LogP contribution in [-0.4, -0.2) is 27.0 Å². The van der Waals surface area contributed by atoms with Gasteiger partial charge in [-0.25, -0.2) is 9.97 Å². The lowest BCUT2D eigenvalue weighted by molar-refractivity contribution is -0.121. The molecule has 2 heterocycles. The highest BCUT2D eigenvalue weighted by atomic mass is 16.1. The Hall–Kier alpha value is -2.37. The summed E-state index contributed by atoms with van der Waals surface area (Å²) in [5, 5.41) is 2.86. The summed E-state index contributed by atoms with van der Waals surface area (Å²) >= 11 is 0. The zero-order chi connectivity index (χ0) is 14.4. The maximum Gasteiger partial charge on any atom is 0.221 e. The van der Waals surface area contributed by atoms with E-state index in [0.717, 1.165) is 24.2 Å². The van der Waals surface area contributed by atoms with E-state index in [0.29, 0.717) is 18.8 Å². The van der Waals surface area contributed by atoms with E-state index in [1.807, 2.05) is 17.6 Å². The molecule has 0 aliphatic rings. The average Bonchev–Trinajstić information content (AvgIpc) is 2.92. The summed E-state index contributed by atoms with van der Waals surface area (Å²) in [5.41, 5.74) is 7.44. The SMILES string of the molecule is CCCNC(=O)CCn1cncc1-c1ccc(N)nc1. The topological polar surface area (TPSA) is 85.8 Å². The van der Waals surface area contributed by atoms with Crippen molar-refractivity contribution in [2.45, 2.75) is 26.3 Å². The van der Waals surface area contributed by atoms with E-state index in [4.69, 9.17) is 5.73 Å². The van der Waals surface area contributed by atoms with Gasteiger partial charge in [-0.3, -0.25) is 4.79 Å². The lowest BCUT2D eigenvalue weighted by atomic mass is 10.2. The molecule has 0 radical (unpaired) electrons. The van der Waals surface area contributed by atoms with Gasteiger partial charge < -0.3 is 15.6 Å². The number of carbonyl (C=O) groups excluding carboxylic acids is 1. The van der Waals surface area contributed by atoms with Crippen LogP contribution in [0.4, 0.5) is 5.82 Å². The molecule has 2 rings (SSSR count). The summed E-state index contributed by atoms with van der Waals surface area (Å²) in [5.74, 6) is 0.542. The minimum absolute atomic E-state index is 0.0573. The van der Waals surface area contributed by atoms with Crippen LogP contribution in [0.25, 0.3) is 11.3 Å². The fourth-order valence-electron chi connectivity index (χ4n) is 1.87. The van der Waals surface area contributed by atoms with Gasteiger partial charge >= 0.3 is 0 Å². The van der Waals surface area contributed by atoms with Crippen molar-refractivity contribution in [2.24, 2.45) is 0 Å². The number of hydrogen-bond acceptors (Lipinski definition) is 4. The molecule has 0 fully saturated rings. The minimum atomic E-state index is 0.0573. The zero-order valence-corrected chi connectivity index (χ0v) is 11.5. The maximum absolute atomic E-state index is 11.6. The number of nitrogens with zero attached hydrogens (tertiary/aromatic N) is 3. The lowest BCUT2D eigenvalue weighted by Crippen LogP contribution is -2.25. The van der Waals surface area contributed by atoms with Gasteiger partial charge in [0.1, 0.15) is 5.82 Å². The number of anilines is 1. The first kappa shape index (κ1) is 14.0. The number of amides is 1. The largest absolute Gasteiger partial charge is 0.384 e. The first-order valence-corrected chi connectivity index (χ1v) is 6.69. The predicted octanol–water partition coefficient (Wildman–Crippen LogP) is 1.44. The number of pyridine rings is 1. The summed E-state index contributed by atoms with van der Waals surface area (Å²) in [7, 11) is 0. The van der Waals surface area contributed by atoms with Crippen LogP contribution in [0, 0.1) is 0 Å². The number of aromatic nitrogens is 3. The van der Waals surface area contributed by atoms with Gasteiger partial charge in [-0.1, -0.05) is 6.92 Å². The van der Waals surface area contributed by atoms with Crippen LogP contribution in [0.5, 0.6) is 0 Å². The Bertz CT molecular complexity index is 561. The average molecular weight is 273 g/mol. The first-order valence-electron chi connectivity index (χ1n) is 6.69. The van der Waals surface area contributed by atoms with Gasteiger partial charge in [0.2, 0.25) is 5.91 Å². The van der Waals surface area contributed by atoms with Crippen LogP contribution in [-0.2, 0) is 11.3 Å². The summed E-state index contributed by atoms with van der Waals surface area (Å²) in [6, 6.07) is 3.65. The molecule has 0 aliphatic heterocycles. The van der Waals surface area contributed by atoms with Crippen molar-refractivity contribution in [2.75, 3.05) is 12.3 Å². The molecule has 6 heteroatoms. The molecule has 1 amide bonds. The molecule has 0 aliphatic carbocycles. The molecule has 0 unspecified atom stereocenters. The van der Waals surface area contributed by atoms with E-state index >= 15 is 0 Å². The molecule has 0 atom stereocenters. The van der Waals surface area contributed by atoms with Crippen LogP contribution >= 0.6 is 0 Å². The van der Waals surface area contributed by atoms with Gasteiger partial charge in [-0.2, -0.15) is 0 Å². The number of nitrogens with two attached hydrogens (primary N) is 1. The van der Waals surface area contributed by atoms with Gasteiger partial charge in [0, 0.05) is 31.3 Å². The number of nitrogen functional groups attached to an aromatic ring is 1. The number of nitrogens with one attached hydrogen (secondary N) is 1. The molecule has 6 nitrogen and oxygen atoms in total. The Labute approximate surface area is 118 Å². The van der Waals surface area contributed by atoms with Crippen molar-refractivity contribution in [3.8, 4) is 11.3 Å². The van der Waals surface area contributed by atoms with Crippen molar-refractivity contribution >= 4 is 11.7 Å². The third-order valence-electron chi connectivity index (χ3n) is 2.95. The normalized spacial score (nSPS) is 10.4. The van der Waals surface area contributed by atoms with E-state index in [1.54, 1.807) is 24.8 Å². The van der Waals surface area contributed by atoms with Crippen LogP contribution in [0.2, 0.25) is 0 Å². The van der Waals surface area contributed by atoms with Gasteiger partial charge in [-0.05, 0) is 18.6 Å². The van der Waals surface area contributed by atoms with Crippen molar-refractivity contribution in [1.82, 2.24) is 19.9 Å². The fraction of sp³-hybridized carbons (Fsp3) is 0.357. The molecule has 0 bridgehead atoms. The molecule has 0 spiro atoms. The van der Waals surface area contributed by atoms with Crippen LogP contribution in [0.1, 0.15) is 19.8 Å². The number of hydrogen-bond donors (Lipinski definition) is 2. The second-order valence-electron chi connectivity index (χ2n) is 4.54. The van der Waals surface area contributed by atoms with Crippen molar-refractivity contribution < 1.29 is 4.79 Å². The van der Waals surface area contributed by atoms with Crippen LogP contribution in [0.15, 0.2) is 30.9 Å². The van der Waals surface area contributed by atoms with Gasteiger partial charge in [0.15, 0.2) is 0 Å². The second kappa shape index (κ2) is 6.70. The lowest BCUT2D eigenvalue weighted by Gasteiger charge is -2.08. The standard InChI is InChI=1S/C14H19N5O/c1-2-6-17-14(20)5-7-19-10-16-9-12(19)11-3-4-13(15)18-8-11/h3-4,8-10H,2,5-7H2,1H3,(H2,15,18)(H,17,20). The molecule has 106 valence electrons. The highest BCUT2D eigenvalue weighted by Crippen LogP contribution is 2.18. The number of rotatable bonds is 6. The van der Waals surface area contributed by atoms with Crippen molar-refractivity contribution in [3.05, 3.63) is 30.9 Å². The molecule has 0 saturated carbocycles. The molecule has 0 aromatic carbocycles. The Balaban J connectivity index is 2.02. The molecule has 2 aromatic rings. The predicted molar refractivity (Wildman–Crippen MR) is 77.8 cm³/mol. The minimum Gasteiger partial charge on any atom is -0.384 e. The van der Waals surface area contributed by atoms with E-state index in [9.17, 15) is 4.79 Å². The molecule has 3 N–H and O–H groups in total. The summed E-state index contributed by atoms with van der Waals surface area (Å²) in [6.07, 6.45) is 6.57. The molecule has 20 heavy (non-hydrogen) atoms. The Morgan fingerprint density at radius 1 is 1.40 bits per heavy atom. The number of aryl methyl sites for hydroxylation is 1. The van der Waals surface area contributed by atoms with Crippen LogP contribution in [0.3, 0.4) is 0 Å². The van der Waals surface area contributed by atoms with E-state index in [1.165, 1.54) is 0 Å². The van der Waals surface area contributed by atoms with E-state index < -0.39 is 0 Å². The third kappa shape index (κ3) is 3.57. The summed E-state index contributed by atoms with van der Waals surface area (Å²) in [4.78, 5) is 19.8. The monoisotopic (exact) mass is 273 g/mol. The van der Waals surface area contributed by atoms with Crippen molar-refractivity contribution in [3.63, 3.8) is 0 Å². The smallest absolute Gasteiger partial charge is 0.221 e. The highest BCUT2D eigenvalue weighted by molar-refractivity contribution is 5.75. The van der Waals surface area contributed by atoms with Gasteiger partial charge in [-0.15, -0.1) is 0 Å². The van der Waals surface area contributed by atoms with Crippen LogP contribution < -0.4 is 11.1 Å².